The van der Waals surface area contributed by atoms with Crippen molar-refractivity contribution < 1.29 is 27.5 Å². The summed E-state index contributed by atoms with van der Waals surface area (Å²) in [5, 5.41) is 0. The molecule has 0 aromatic rings. The summed E-state index contributed by atoms with van der Waals surface area (Å²) < 4.78 is 42.6. The molecule has 0 radical (unpaired) electrons. The minimum Gasteiger partial charge on any atom is -0.443 e. The Morgan fingerprint density at radius 1 is 1.39 bits per heavy atom. The van der Waals surface area contributed by atoms with Crippen molar-refractivity contribution >= 4 is 12.0 Å². The van der Waals surface area contributed by atoms with Crippen LogP contribution in [0.25, 0.3) is 0 Å². The first kappa shape index (κ1) is 14.5. The van der Waals surface area contributed by atoms with E-state index in [1.165, 1.54) is 0 Å². The number of nitrogens with zero attached hydrogens (tertiary/aromatic N) is 1. The lowest BCUT2D eigenvalue weighted by molar-refractivity contribution is -0.161. The van der Waals surface area contributed by atoms with E-state index in [0.29, 0.717) is 4.90 Å². The van der Waals surface area contributed by atoms with Gasteiger partial charge in [-0.3, -0.25) is 4.79 Å². The summed E-state index contributed by atoms with van der Waals surface area (Å²) in [6, 6.07) is 0. The van der Waals surface area contributed by atoms with Gasteiger partial charge >= 0.3 is 12.3 Å². The number of likely N-dealkylation sites (tertiary alicyclic amines) is 1. The molecule has 0 spiro atoms. The van der Waals surface area contributed by atoms with E-state index in [-0.39, 0.29) is 0 Å². The van der Waals surface area contributed by atoms with Gasteiger partial charge in [0.1, 0.15) is 11.5 Å². The van der Waals surface area contributed by atoms with Gasteiger partial charge in [0.25, 0.3) is 5.91 Å². The largest absolute Gasteiger partial charge is 0.443 e. The molecule has 4 nitrogen and oxygen atoms in total. The van der Waals surface area contributed by atoms with Gasteiger partial charge in [0.2, 0.25) is 0 Å². The normalized spacial score (nSPS) is 21.4. The predicted octanol–water partition coefficient (Wildman–Crippen LogP) is 2.50. The van der Waals surface area contributed by atoms with E-state index >= 15 is 0 Å². The van der Waals surface area contributed by atoms with E-state index in [2.05, 4.69) is 6.58 Å². The van der Waals surface area contributed by atoms with Gasteiger partial charge in [-0.1, -0.05) is 6.58 Å². The van der Waals surface area contributed by atoms with Crippen molar-refractivity contribution in [3.05, 3.63) is 12.2 Å². The Bertz CT molecular complexity index is 395. The van der Waals surface area contributed by atoms with Gasteiger partial charge in [0.15, 0.2) is 0 Å². The average molecular weight is 265 g/mol. The number of carbonyl (C=O) groups excluding carboxylic acids is 2. The third-order valence-corrected chi connectivity index (χ3v) is 2.31. The lowest BCUT2D eigenvalue weighted by Crippen LogP contribution is -2.38. The molecule has 0 bridgehead atoms. The molecule has 2 amide bonds. The summed E-state index contributed by atoms with van der Waals surface area (Å²) in [7, 11) is 0. The zero-order valence-corrected chi connectivity index (χ0v) is 10.3. The van der Waals surface area contributed by atoms with Crippen LogP contribution in [0.1, 0.15) is 20.8 Å². The van der Waals surface area contributed by atoms with Crippen molar-refractivity contribution in [3.63, 3.8) is 0 Å². The standard InChI is InChI=1S/C11H14F3NO3/c1-6-7(11(12,13)14)5-15(8(6)16)9(17)18-10(2,3)4/h7H,1,5H2,2-4H3. The number of rotatable bonds is 0. The van der Waals surface area contributed by atoms with Crippen LogP contribution in [0.2, 0.25) is 0 Å². The summed E-state index contributed by atoms with van der Waals surface area (Å²) in [6.45, 7) is 7.00. The Balaban J connectivity index is 2.86. The maximum atomic E-state index is 12.6. The quantitative estimate of drug-likeness (QED) is 0.632. The van der Waals surface area contributed by atoms with Crippen molar-refractivity contribution in [2.75, 3.05) is 6.54 Å². The fourth-order valence-corrected chi connectivity index (χ4v) is 1.47. The Hall–Kier alpha value is -1.53. The Labute approximate surface area is 102 Å². The van der Waals surface area contributed by atoms with Crippen molar-refractivity contribution in [1.82, 2.24) is 4.90 Å². The van der Waals surface area contributed by atoms with Crippen molar-refractivity contribution in [1.29, 1.82) is 0 Å². The number of hydrogen-bond acceptors (Lipinski definition) is 3. The first-order valence-corrected chi connectivity index (χ1v) is 5.24. The van der Waals surface area contributed by atoms with Gasteiger partial charge in [0.05, 0.1) is 0 Å². The Morgan fingerprint density at radius 3 is 2.22 bits per heavy atom. The van der Waals surface area contributed by atoms with Crippen LogP contribution in [0.15, 0.2) is 12.2 Å². The number of carbonyl (C=O) groups is 2. The van der Waals surface area contributed by atoms with Gasteiger partial charge in [-0.2, -0.15) is 13.2 Å². The highest BCUT2D eigenvalue weighted by molar-refractivity contribution is 6.04. The lowest BCUT2D eigenvalue weighted by atomic mass is 10.0. The molecule has 0 aromatic carbocycles. The molecule has 18 heavy (non-hydrogen) atoms. The number of amides is 2. The van der Waals surface area contributed by atoms with Crippen LogP contribution < -0.4 is 0 Å². The van der Waals surface area contributed by atoms with Gasteiger partial charge in [-0.25, -0.2) is 9.69 Å². The average Bonchev–Trinajstić information content (AvgIpc) is 2.40. The molecule has 1 rings (SSSR count). The summed E-state index contributed by atoms with van der Waals surface area (Å²) in [6.07, 6.45) is -5.68. The van der Waals surface area contributed by atoms with Gasteiger partial charge < -0.3 is 4.74 Å². The second-order valence-corrected chi connectivity index (χ2v) is 5.02. The van der Waals surface area contributed by atoms with Crippen LogP contribution in [-0.2, 0) is 9.53 Å². The second kappa shape index (κ2) is 4.29. The van der Waals surface area contributed by atoms with Gasteiger partial charge in [-0.15, -0.1) is 0 Å². The second-order valence-electron chi connectivity index (χ2n) is 5.02. The molecule has 0 saturated carbocycles. The summed E-state index contributed by atoms with van der Waals surface area (Å²) in [4.78, 5) is 23.5. The molecule has 1 saturated heterocycles. The van der Waals surface area contributed by atoms with Crippen molar-refractivity contribution in [2.24, 2.45) is 5.92 Å². The molecule has 1 aliphatic rings. The highest BCUT2D eigenvalue weighted by atomic mass is 19.4. The third-order valence-electron chi connectivity index (χ3n) is 2.31. The van der Waals surface area contributed by atoms with Crippen LogP contribution in [-0.4, -0.2) is 35.2 Å². The molecule has 0 aliphatic carbocycles. The Kier molecular flexibility index (Phi) is 3.47. The van der Waals surface area contributed by atoms with Crippen LogP contribution in [0.3, 0.4) is 0 Å². The molecule has 0 aromatic heterocycles. The van der Waals surface area contributed by atoms with Crippen molar-refractivity contribution in [2.45, 2.75) is 32.5 Å². The number of halogens is 3. The molecular weight excluding hydrogens is 251 g/mol. The van der Waals surface area contributed by atoms with E-state index in [9.17, 15) is 22.8 Å². The maximum Gasteiger partial charge on any atom is 0.417 e. The number of imide groups is 1. The SMILES string of the molecule is C=C1C(=O)N(C(=O)OC(C)(C)C)CC1C(F)(F)F. The molecule has 7 heteroatoms. The van der Waals surface area contributed by atoms with E-state index in [1.54, 1.807) is 20.8 Å². The molecule has 1 fully saturated rings. The van der Waals surface area contributed by atoms with E-state index in [1.807, 2.05) is 0 Å². The first-order chi connectivity index (χ1) is 7.93. The van der Waals surface area contributed by atoms with Crippen LogP contribution in [0, 0.1) is 5.92 Å². The minimum absolute atomic E-state index is 0.436. The molecule has 1 aliphatic heterocycles. The molecule has 1 heterocycles. The van der Waals surface area contributed by atoms with E-state index in [0.717, 1.165) is 0 Å². The van der Waals surface area contributed by atoms with E-state index < -0.39 is 41.8 Å². The van der Waals surface area contributed by atoms with E-state index in [4.69, 9.17) is 4.74 Å². The zero-order valence-electron chi connectivity index (χ0n) is 10.3. The maximum absolute atomic E-state index is 12.6. The fourth-order valence-electron chi connectivity index (χ4n) is 1.47. The number of ether oxygens (including phenoxy) is 1. The van der Waals surface area contributed by atoms with Crippen molar-refractivity contribution in [3.8, 4) is 0 Å². The Morgan fingerprint density at radius 2 is 1.89 bits per heavy atom. The zero-order chi connectivity index (χ0) is 14.3. The van der Waals surface area contributed by atoms with Gasteiger partial charge in [-0.05, 0) is 20.8 Å². The predicted molar refractivity (Wildman–Crippen MR) is 56.6 cm³/mol. The minimum atomic E-state index is -4.59. The summed E-state index contributed by atoms with van der Waals surface area (Å²) in [5.74, 6) is -3.05. The monoisotopic (exact) mass is 265 g/mol. The molecule has 1 atom stereocenters. The van der Waals surface area contributed by atoms with Crippen LogP contribution in [0.4, 0.5) is 18.0 Å². The summed E-state index contributed by atoms with van der Waals surface area (Å²) in [5.41, 5.74) is -1.51. The molecule has 102 valence electrons. The number of alkyl halides is 3. The van der Waals surface area contributed by atoms with Crippen LogP contribution in [0.5, 0.6) is 0 Å². The number of hydrogen-bond donors (Lipinski definition) is 0. The highest BCUT2D eigenvalue weighted by Gasteiger charge is 2.52. The summed E-state index contributed by atoms with van der Waals surface area (Å²) >= 11 is 0. The first-order valence-electron chi connectivity index (χ1n) is 5.24. The molecule has 1 unspecified atom stereocenters. The smallest absolute Gasteiger partial charge is 0.417 e. The topological polar surface area (TPSA) is 46.6 Å². The third kappa shape index (κ3) is 3.02. The highest BCUT2D eigenvalue weighted by Crippen LogP contribution is 2.37. The van der Waals surface area contributed by atoms with Crippen LogP contribution >= 0.6 is 0 Å². The molecule has 0 N–H and O–H groups in total. The lowest BCUT2D eigenvalue weighted by Gasteiger charge is -2.23. The molecular formula is C11H14F3NO3. The van der Waals surface area contributed by atoms with Gasteiger partial charge in [0, 0.05) is 12.1 Å². The fraction of sp³-hybridized carbons (Fsp3) is 0.636.